The zero-order valence-corrected chi connectivity index (χ0v) is 9.85. The molecule has 80 valence electrons. The molecule has 1 aromatic heterocycles. The maximum Gasteiger partial charge on any atom is 0.101 e. The predicted molar refractivity (Wildman–Crippen MR) is 65.6 cm³/mol. The molecular weight excluding hydrogens is 242 g/mol. The predicted octanol–water partition coefficient (Wildman–Crippen LogP) is 3.28. The van der Waals surface area contributed by atoms with Crippen LogP contribution in [0.3, 0.4) is 0 Å². The van der Waals surface area contributed by atoms with Crippen LogP contribution in [0.2, 0.25) is 5.02 Å². The van der Waals surface area contributed by atoms with Crippen LogP contribution in [-0.4, -0.2) is 4.98 Å². The number of rotatable bonds is 3. The molecule has 1 aromatic carbocycles. The van der Waals surface area contributed by atoms with Crippen LogP contribution in [0.5, 0.6) is 0 Å². The van der Waals surface area contributed by atoms with Gasteiger partial charge < -0.3 is 5.32 Å². The molecule has 0 aliphatic rings. The summed E-state index contributed by atoms with van der Waals surface area (Å²) >= 11 is 7.38. The summed E-state index contributed by atoms with van der Waals surface area (Å²) in [4.78, 5) is 5.11. The second-order valence-corrected chi connectivity index (χ2v) is 4.53. The van der Waals surface area contributed by atoms with Gasteiger partial charge in [0, 0.05) is 16.1 Å². The van der Waals surface area contributed by atoms with E-state index in [2.05, 4.69) is 16.4 Å². The van der Waals surface area contributed by atoms with Gasteiger partial charge >= 0.3 is 0 Å². The van der Waals surface area contributed by atoms with Gasteiger partial charge in [-0.3, -0.25) is 4.98 Å². The first-order chi connectivity index (χ1) is 7.79. The molecule has 0 bridgehead atoms. The lowest BCUT2D eigenvalue weighted by Crippen LogP contribution is -1.99. The SMILES string of the molecule is N#Cc1cc(Cl)ccc1NCc1cncs1. The number of halogens is 1. The fourth-order valence-electron chi connectivity index (χ4n) is 1.27. The van der Waals surface area contributed by atoms with Crippen LogP contribution in [0.25, 0.3) is 0 Å². The van der Waals surface area contributed by atoms with E-state index in [9.17, 15) is 0 Å². The topological polar surface area (TPSA) is 48.7 Å². The Kier molecular flexibility index (Phi) is 3.40. The van der Waals surface area contributed by atoms with Crippen LogP contribution in [-0.2, 0) is 6.54 Å². The summed E-state index contributed by atoms with van der Waals surface area (Å²) in [5.74, 6) is 0. The van der Waals surface area contributed by atoms with Gasteiger partial charge in [0.15, 0.2) is 0 Å². The molecule has 0 saturated heterocycles. The number of anilines is 1. The highest BCUT2D eigenvalue weighted by Gasteiger charge is 2.02. The highest BCUT2D eigenvalue weighted by atomic mass is 35.5. The maximum atomic E-state index is 8.94. The Morgan fingerprint density at radius 3 is 3.06 bits per heavy atom. The number of nitrogens with zero attached hydrogens (tertiary/aromatic N) is 2. The molecule has 0 aliphatic heterocycles. The summed E-state index contributed by atoms with van der Waals surface area (Å²) in [7, 11) is 0. The summed E-state index contributed by atoms with van der Waals surface area (Å²) in [5, 5.41) is 12.7. The minimum absolute atomic E-state index is 0.553. The van der Waals surface area contributed by atoms with Crippen LogP contribution in [0.4, 0.5) is 5.69 Å². The number of thiazole rings is 1. The second kappa shape index (κ2) is 4.97. The fourth-order valence-corrected chi connectivity index (χ4v) is 1.98. The molecule has 0 atom stereocenters. The average molecular weight is 250 g/mol. The first-order valence-electron chi connectivity index (χ1n) is 4.60. The molecule has 5 heteroatoms. The standard InChI is InChI=1S/C11H8ClN3S/c12-9-1-2-11(8(3-9)4-13)15-6-10-5-14-7-16-10/h1-3,5,7,15H,6H2. The lowest BCUT2D eigenvalue weighted by Gasteiger charge is -2.06. The molecule has 16 heavy (non-hydrogen) atoms. The number of aromatic nitrogens is 1. The third kappa shape index (κ3) is 2.51. The lowest BCUT2D eigenvalue weighted by atomic mass is 10.2. The van der Waals surface area contributed by atoms with Crippen LogP contribution in [0.15, 0.2) is 29.9 Å². The molecule has 0 aliphatic carbocycles. The van der Waals surface area contributed by atoms with Gasteiger partial charge in [-0.1, -0.05) is 11.6 Å². The van der Waals surface area contributed by atoms with E-state index < -0.39 is 0 Å². The van der Waals surface area contributed by atoms with Crippen LogP contribution in [0, 0.1) is 11.3 Å². The van der Waals surface area contributed by atoms with Gasteiger partial charge in [0.25, 0.3) is 0 Å². The number of nitriles is 1. The molecule has 1 heterocycles. The molecule has 1 N–H and O–H groups in total. The largest absolute Gasteiger partial charge is 0.379 e. The van der Waals surface area contributed by atoms with Gasteiger partial charge in [-0.25, -0.2) is 0 Å². The molecule has 0 amide bonds. The van der Waals surface area contributed by atoms with Gasteiger partial charge in [-0.2, -0.15) is 5.26 Å². The Morgan fingerprint density at radius 1 is 1.50 bits per heavy atom. The van der Waals surface area contributed by atoms with Crippen molar-refractivity contribution in [3.8, 4) is 6.07 Å². The lowest BCUT2D eigenvalue weighted by molar-refractivity contribution is 1.17. The Labute approximate surface area is 102 Å². The van der Waals surface area contributed by atoms with E-state index in [0.717, 1.165) is 10.6 Å². The molecule has 2 aromatic rings. The zero-order valence-electron chi connectivity index (χ0n) is 8.27. The van der Waals surface area contributed by atoms with Crippen LogP contribution < -0.4 is 5.32 Å². The third-order valence-electron chi connectivity index (χ3n) is 2.04. The Morgan fingerprint density at radius 2 is 2.38 bits per heavy atom. The van der Waals surface area contributed by atoms with Gasteiger partial charge in [-0.15, -0.1) is 11.3 Å². The first kappa shape index (κ1) is 10.9. The molecule has 0 fully saturated rings. The molecule has 0 spiro atoms. The second-order valence-electron chi connectivity index (χ2n) is 3.12. The molecule has 0 unspecified atom stereocenters. The number of hydrogen-bond donors (Lipinski definition) is 1. The summed E-state index contributed by atoms with van der Waals surface area (Å²) in [5.41, 5.74) is 3.13. The minimum Gasteiger partial charge on any atom is -0.379 e. The first-order valence-corrected chi connectivity index (χ1v) is 5.86. The smallest absolute Gasteiger partial charge is 0.101 e. The molecule has 0 radical (unpaired) electrons. The van der Waals surface area contributed by atoms with Crippen molar-refractivity contribution < 1.29 is 0 Å². The van der Waals surface area contributed by atoms with Crippen molar-refractivity contribution in [1.82, 2.24) is 4.98 Å². The summed E-state index contributed by atoms with van der Waals surface area (Å²) < 4.78 is 0. The fraction of sp³-hybridized carbons (Fsp3) is 0.0909. The third-order valence-corrected chi connectivity index (χ3v) is 3.05. The van der Waals surface area contributed by atoms with Crippen molar-refractivity contribution in [1.29, 1.82) is 5.26 Å². The molecule has 3 nitrogen and oxygen atoms in total. The highest BCUT2D eigenvalue weighted by Crippen LogP contribution is 2.20. The Bertz CT molecular complexity index is 517. The summed E-state index contributed by atoms with van der Waals surface area (Å²) in [6.45, 7) is 0.668. The molecular formula is C11H8ClN3S. The van der Waals surface area contributed by atoms with Gasteiger partial charge in [0.2, 0.25) is 0 Å². The number of hydrogen-bond acceptors (Lipinski definition) is 4. The Balaban J connectivity index is 2.13. The van der Waals surface area contributed by atoms with E-state index in [4.69, 9.17) is 16.9 Å². The van der Waals surface area contributed by atoms with Gasteiger partial charge in [0.1, 0.15) is 6.07 Å². The number of nitrogens with one attached hydrogen (secondary N) is 1. The van der Waals surface area contributed by atoms with Crippen molar-refractivity contribution >= 4 is 28.6 Å². The molecule has 0 saturated carbocycles. The highest BCUT2D eigenvalue weighted by molar-refractivity contribution is 7.09. The summed E-state index contributed by atoms with van der Waals surface area (Å²) in [6, 6.07) is 7.33. The normalized spacial score (nSPS) is 9.75. The quantitative estimate of drug-likeness (QED) is 0.908. The number of benzene rings is 1. The van der Waals surface area contributed by atoms with Crippen molar-refractivity contribution in [3.05, 3.63) is 45.4 Å². The van der Waals surface area contributed by atoms with Gasteiger partial charge in [0.05, 0.1) is 23.3 Å². The maximum absolute atomic E-state index is 8.94. The van der Waals surface area contributed by atoms with E-state index >= 15 is 0 Å². The van der Waals surface area contributed by atoms with Crippen molar-refractivity contribution in [2.75, 3.05) is 5.32 Å². The molecule has 2 rings (SSSR count). The van der Waals surface area contributed by atoms with Crippen LogP contribution in [0.1, 0.15) is 10.4 Å². The van der Waals surface area contributed by atoms with Crippen LogP contribution >= 0.6 is 22.9 Å². The summed E-state index contributed by atoms with van der Waals surface area (Å²) in [6.07, 6.45) is 1.81. The van der Waals surface area contributed by atoms with E-state index in [-0.39, 0.29) is 0 Å². The van der Waals surface area contributed by atoms with Crippen molar-refractivity contribution in [2.45, 2.75) is 6.54 Å². The average Bonchev–Trinajstić information content (AvgIpc) is 2.80. The van der Waals surface area contributed by atoms with E-state index in [1.54, 1.807) is 35.2 Å². The monoisotopic (exact) mass is 249 g/mol. The Hall–Kier alpha value is -1.57. The van der Waals surface area contributed by atoms with Crippen molar-refractivity contribution in [2.24, 2.45) is 0 Å². The zero-order chi connectivity index (χ0) is 11.4. The van der Waals surface area contributed by atoms with E-state index in [0.29, 0.717) is 17.1 Å². The minimum atomic E-state index is 0.553. The van der Waals surface area contributed by atoms with Gasteiger partial charge in [-0.05, 0) is 18.2 Å². The van der Waals surface area contributed by atoms with Crippen molar-refractivity contribution in [3.63, 3.8) is 0 Å². The van der Waals surface area contributed by atoms with E-state index in [1.165, 1.54) is 0 Å². The van der Waals surface area contributed by atoms with E-state index in [1.807, 2.05) is 6.07 Å².